The van der Waals surface area contributed by atoms with Crippen LogP contribution in [-0.2, 0) is 11.3 Å². The zero-order valence-corrected chi connectivity index (χ0v) is 17.5. The molecule has 154 valence electrons. The highest BCUT2D eigenvalue weighted by Gasteiger charge is 2.22. The lowest BCUT2D eigenvalue weighted by molar-refractivity contribution is -0.00523. The molecule has 0 radical (unpaired) electrons. The number of aryl methyl sites for hydroxylation is 1. The molecular formula is C23H26N6O. The fourth-order valence-corrected chi connectivity index (χ4v) is 4.25. The van der Waals surface area contributed by atoms with Crippen molar-refractivity contribution in [1.29, 1.82) is 0 Å². The van der Waals surface area contributed by atoms with Gasteiger partial charge in [-0.1, -0.05) is 12.1 Å². The third-order valence-corrected chi connectivity index (χ3v) is 5.59. The summed E-state index contributed by atoms with van der Waals surface area (Å²) in [7, 11) is 0. The molecule has 2 atom stereocenters. The molecule has 30 heavy (non-hydrogen) atoms. The minimum absolute atomic E-state index is 0.219. The van der Waals surface area contributed by atoms with E-state index in [0.29, 0.717) is 5.95 Å². The van der Waals surface area contributed by atoms with Gasteiger partial charge in [-0.3, -0.25) is 0 Å². The number of nitrogens with zero attached hydrogens (tertiary/aromatic N) is 5. The number of pyridine rings is 1. The molecule has 0 amide bonds. The predicted octanol–water partition coefficient (Wildman–Crippen LogP) is 4.36. The van der Waals surface area contributed by atoms with Crippen LogP contribution in [0, 0.1) is 0 Å². The molecule has 1 aromatic carbocycles. The number of benzene rings is 1. The number of nitrogens with one attached hydrogen (secondary N) is 1. The molecule has 7 heteroatoms. The van der Waals surface area contributed by atoms with E-state index in [0.717, 1.165) is 47.6 Å². The number of hydrogen-bond acceptors (Lipinski definition) is 6. The van der Waals surface area contributed by atoms with Crippen LogP contribution in [-0.4, -0.2) is 44.8 Å². The third-order valence-electron chi connectivity index (χ3n) is 5.59. The zero-order valence-electron chi connectivity index (χ0n) is 17.5. The third kappa shape index (κ3) is 3.45. The first kappa shape index (κ1) is 18.8. The molecule has 0 spiro atoms. The zero-order chi connectivity index (χ0) is 20.7. The largest absolute Gasteiger partial charge is 0.372 e. The van der Waals surface area contributed by atoms with Crippen molar-refractivity contribution < 1.29 is 4.74 Å². The Morgan fingerprint density at radius 1 is 1.00 bits per heavy atom. The highest BCUT2D eigenvalue weighted by molar-refractivity contribution is 6.03. The second-order valence-corrected chi connectivity index (χ2v) is 7.93. The maximum atomic E-state index is 5.82. The van der Waals surface area contributed by atoms with Crippen molar-refractivity contribution in [2.75, 3.05) is 23.3 Å². The van der Waals surface area contributed by atoms with E-state index in [1.54, 1.807) is 0 Å². The molecule has 1 N–H and O–H groups in total. The van der Waals surface area contributed by atoms with E-state index in [1.807, 2.05) is 18.5 Å². The van der Waals surface area contributed by atoms with Crippen molar-refractivity contribution in [1.82, 2.24) is 19.5 Å². The quantitative estimate of drug-likeness (QED) is 0.547. The molecule has 0 unspecified atom stereocenters. The van der Waals surface area contributed by atoms with Gasteiger partial charge in [0.1, 0.15) is 11.3 Å². The van der Waals surface area contributed by atoms with Crippen LogP contribution in [0.1, 0.15) is 20.8 Å². The van der Waals surface area contributed by atoms with Crippen molar-refractivity contribution in [3.05, 3.63) is 48.9 Å². The van der Waals surface area contributed by atoms with E-state index >= 15 is 0 Å². The van der Waals surface area contributed by atoms with Crippen LogP contribution in [0.4, 0.5) is 17.5 Å². The van der Waals surface area contributed by atoms with Crippen molar-refractivity contribution in [3.63, 3.8) is 0 Å². The Bertz CT molecular complexity index is 1180. The number of anilines is 3. The number of fused-ring (bicyclic) bond motifs is 3. The molecular weight excluding hydrogens is 376 g/mol. The molecule has 4 aromatic rings. The van der Waals surface area contributed by atoms with Gasteiger partial charge in [-0.25, -0.2) is 15.0 Å². The monoisotopic (exact) mass is 402 g/mol. The van der Waals surface area contributed by atoms with Gasteiger partial charge in [0, 0.05) is 42.8 Å². The van der Waals surface area contributed by atoms with Gasteiger partial charge >= 0.3 is 0 Å². The summed E-state index contributed by atoms with van der Waals surface area (Å²) in [5, 5.41) is 5.47. The summed E-state index contributed by atoms with van der Waals surface area (Å²) in [6.45, 7) is 9.00. The van der Waals surface area contributed by atoms with E-state index in [2.05, 4.69) is 76.0 Å². The van der Waals surface area contributed by atoms with Gasteiger partial charge in [-0.15, -0.1) is 0 Å². The maximum absolute atomic E-state index is 5.82. The minimum Gasteiger partial charge on any atom is -0.372 e. The number of hydrogen-bond donors (Lipinski definition) is 1. The minimum atomic E-state index is 0.219. The average molecular weight is 403 g/mol. The molecule has 0 saturated carbocycles. The number of aromatic nitrogens is 4. The van der Waals surface area contributed by atoms with Crippen molar-refractivity contribution in [2.45, 2.75) is 39.5 Å². The van der Waals surface area contributed by atoms with E-state index < -0.39 is 0 Å². The van der Waals surface area contributed by atoms with Crippen LogP contribution in [0.2, 0.25) is 0 Å². The highest BCUT2D eigenvalue weighted by atomic mass is 16.5. The molecule has 3 aromatic heterocycles. The molecule has 7 nitrogen and oxygen atoms in total. The molecule has 4 heterocycles. The smallest absolute Gasteiger partial charge is 0.228 e. The van der Waals surface area contributed by atoms with Gasteiger partial charge in [-0.05, 0) is 39.0 Å². The summed E-state index contributed by atoms with van der Waals surface area (Å²) in [6.07, 6.45) is 6.30. The average Bonchev–Trinajstić information content (AvgIpc) is 3.17. The lowest BCUT2D eigenvalue weighted by Gasteiger charge is -2.36. The fourth-order valence-electron chi connectivity index (χ4n) is 4.25. The van der Waals surface area contributed by atoms with Gasteiger partial charge in [0.2, 0.25) is 5.95 Å². The Morgan fingerprint density at radius 3 is 2.53 bits per heavy atom. The van der Waals surface area contributed by atoms with Gasteiger partial charge in [0.25, 0.3) is 0 Å². The Morgan fingerprint density at radius 2 is 1.80 bits per heavy atom. The van der Waals surface area contributed by atoms with Gasteiger partial charge in [0.15, 0.2) is 0 Å². The molecule has 5 rings (SSSR count). The number of morpholine rings is 1. The van der Waals surface area contributed by atoms with Crippen molar-refractivity contribution >= 4 is 39.3 Å². The van der Waals surface area contributed by atoms with Crippen molar-refractivity contribution in [3.8, 4) is 0 Å². The SMILES string of the molecule is CCn1ccc2ccc3cnc(Nc4ccc(N5C[C@@H](C)O[C@@H](C)C5)cn4)nc3c21. The van der Waals surface area contributed by atoms with Gasteiger partial charge in [-0.2, -0.15) is 0 Å². The molecule has 1 aliphatic heterocycles. The summed E-state index contributed by atoms with van der Waals surface area (Å²) in [5.41, 5.74) is 3.19. The Labute approximate surface area is 175 Å². The van der Waals surface area contributed by atoms with Crippen LogP contribution in [0.5, 0.6) is 0 Å². The lowest BCUT2D eigenvalue weighted by Crippen LogP contribution is -2.45. The molecule has 1 aliphatic rings. The first-order valence-electron chi connectivity index (χ1n) is 10.5. The summed E-state index contributed by atoms with van der Waals surface area (Å²) in [5.74, 6) is 1.28. The molecule has 1 fully saturated rings. The molecule has 1 saturated heterocycles. The van der Waals surface area contributed by atoms with Gasteiger partial charge in [0.05, 0.1) is 29.6 Å². The van der Waals surface area contributed by atoms with E-state index in [1.165, 1.54) is 5.39 Å². The first-order valence-corrected chi connectivity index (χ1v) is 10.5. The Kier molecular flexibility index (Phi) is 4.75. The van der Waals surface area contributed by atoms with Crippen LogP contribution in [0.25, 0.3) is 21.8 Å². The highest BCUT2D eigenvalue weighted by Crippen LogP contribution is 2.26. The van der Waals surface area contributed by atoms with E-state index in [4.69, 9.17) is 9.72 Å². The Balaban J connectivity index is 1.41. The second-order valence-electron chi connectivity index (χ2n) is 7.93. The van der Waals surface area contributed by atoms with E-state index in [-0.39, 0.29) is 12.2 Å². The number of ether oxygens (including phenoxy) is 1. The van der Waals surface area contributed by atoms with Crippen LogP contribution < -0.4 is 10.2 Å². The molecule has 0 aliphatic carbocycles. The summed E-state index contributed by atoms with van der Waals surface area (Å²) in [6, 6.07) is 10.4. The maximum Gasteiger partial charge on any atom is 0.228 e. The van der Waals surface area contributed by atoms with Crippen molar-refractivity contribution in [2.24, 2.45) is 0 Å². The summed E-state index contributed by atoms with van der Waals surface area (Å²) < 4.78 is 8.04. The Hall–Kier alpha value is -3.19. The number of rotatable bonds is 4. The molecule has 0 bridgehead atoms. The first-order chi connectivity index (χ1) is 14.6. The second kappa shape index (κ2) is 7.57. The standard InChI is InChI=1S/C23H26N6O/c1-4-28-10-9-17-5-6-18-11-25-23(27-21(18)22(17)28)26-20-8-7-19(12-24-20)29-13-15(2)30-16(3)14-29/h5-12,15-16H,4,13-14H2,1-3H3,(H,24,25,26,27)/t15-,16+. The fraction of sp³-hybridized carbons (Fsp3) is 0.348. The lowest BCUT2D eigenvalue weighted by atomic mass is 10.2. The van der Waals surface area contributed by atoms with Gasteiger partial charge < -0.3 is 19.5 Å². The predicted molar refractivity (Wildman–Crippen MR) is 120 cm³/mol. The van der Waals surface area contributed by atoms with Crippen LogP contribution in [0.15, 0.2) is 48.9 Å². The summed E-state index contributed by atoms with van der Waals surface area (Å²) in [4.78, 5) is 16.2. The van der Waals surface area contributed by atoms with Crippen LogP contribution in [0.3, 0.4) is 0 Å². The van der Waals surface area contributed by atoms with Crippen LogP contribution >= 0.6 is 0 Å². The normalized spacial score (nSPS) is 19.5. The summed E-state index contributed by atoms with van der Waals surface area (Å²) >= 11 is 0. The van der Waals surface area contributed by atoms with E-state index in [9.17, 15) is 0 Å². The topological polar surface area (TPSA) is 68.1 Å².